The van der Waals surface area contributed by atoms with Gasteiger partial charge in [-0.25, -0.2) is 0 Å². The summed E-state index contributed by atoms with van der Waals surface area (Å²) in [6, 6.07) is 5.87. The minimum atomic E-state index is 0. The van der Waals surface area contributed by atoms with Crippen molar-refractivity contribution < 1.29 is 0 Å². The van der Waals surface area contributed by atoms with Crippen LogP contribution < -0.4 is 5.73 Å². The molecule has 12 heavy (non-hydrogen) atoms. The Bertz CT molecular complexity index is 397. The second-order valence-corrected chi connectivity index (χ2v) is 3.35. The third-order valence-electron chi connectivity index (χ3n) is 1.67. The van der Waals surface area contributed by atoms with Crippen LogP contribution in [-0.2, 0) is 0 Å². The largest absolute Gasteiger partial charge is 0.398 e. The summed E-state index contributed by atoms with van der Waals surface area (Å²) in [5.74, 6) is 0. The first-order chi connectivity index (χ1) is 5.27. The van der Waals surface area contributed by atoms with Gasteiger partial charge in [-0.1, -0.05) is 15.9 Å². The zero-order valence-corrected chi connectivity index (χ0v) is 8.58. The van der Waals surface area contributed by atoms with Crippen LogP contribution >= 0.6 is 28.3 Å². The topological polar surface area (TPSA) is 41.8 Å². The summed E-state index contributed by atoms with van der Waals surface area (Å²) in [7, 11) is 0. The molecule has 0 fully saturated rings. The maximum Gasteiger partial charge on any atom is 0.0486 e. The number of H-pyrrole nitrogens is 1. The van der Waals surface area contributed by atoms with Crippen molar-refractivity contribution in [3.05, 3.63) is 28.9 Å². The summed E-state index contributed by atoms with van der Waals surface area (Å²) < 4.78 is 1.00. The van der Waals surface area contributed by atoms with Crippen LogP contribution in [0.1, 0.15) is 0 Å². The van der Waals surface area contributed by atoms with Gasteiger partial charge in [0.2, 0.25) is 0 Å². The molecule has 0 spiro atoms. The van der Waals surface area contributed by atoms with Gasteiger partial charge in [0.1, 0.15) is 0 Å². The third-order valence-corrected chi connectivity index (χ3v) is 2.12. The van der Waals surface area contributed by atoms with E-state index in [0.29, 0.717) is 0 Å². The molecule has 1 aromatic heterocycles. The zero-order chi connectivity index (χ0) is 7.84. The number of anilines is 1. The van der Waals surface area contributed by atoms with Crippen molar-refractivity contribution in [1.82, 2.24) is 4.98 Å². The van der Waals surface area contributed by atoms with Gasteiger partial charge in [-0.05, 0) is 18.2 Å². The summed E-state index contributed by atoms with van der Waals surface area (Å²) >= 11 is 3.37. The van der Waals surface area contributed by atoms with Gasteiger partial charge in [0.15, 0.2) is 0 Å². The molecule has 2 nitrogen and oxygen atoms in total. The Morgan fingerprint density at radius 2 is 2.08 bits per heavy atom. The number of nitrogen functional groups attached to an aromatic ring is 1. The normalized spacial score (nSPS) is 9.75. The fourth-order valence-electron chi connectivity index (χ4n) is 1.16. The van der Waals surface area contributed by atoms with Crippen molar-refractivity contribution in [3.8, 4) is 0 Å². The molecule has 0 bridgehead atoms. The zero-order valence-electron chi connectivity index (χ0n) is 6.17. The van der Waals surface area contributed by atoms with Crippen LogP contribution in [0.25, 0.3) is 10.9 Å². The highest BCUT2D eigenvalue weighted by Gasteiger charge is 1.98. The molecule has 0 aliphatic carbocycles. The average Bonchev–Trinajstić information content (AvgIpc) is 2.34. The monoisotopic (exact) mass is 246 g/mol. The summed E-state index contributed by atoms with van der Waals surface area (Å²) in [6.45, 7) is 0. The van der Waals surface area contributed by atoms with E-state index in [1.807, 2.05) is 24.4 Å². The van der Waals surface area contributed by atoms with Crippen molar-refractivity contribution in [2.45, 2.75) is 0 Å². The fraction of sp³-hybridized carbons (Fsp3) is 0. The van der Waals surface area contributed by atoms with Crippen molar-refractivity contribution in [2.24, 2.45) is 0 Å². The van der Waals surface area contributed by atoms with E-state index in [-0.39, 0.29) is 12.4 Å². The van der Waals surface area contributed by atoms with Gasteiger partial charge in [0.25, 0.3) is 0 Å². The lowest BCUT2D eigenvalue weighted by molar-refractivity contribution is 1.47. The van der Waals surface area contributed by atoms with Gasteiger partial charge in [-0.15, -0.1) is 12.4 Å². The Labute approximate surface area is 84.7 Å². The molecule has 4 heteroatoms. The number of aromatic amines is 1. The predicted molar refractivity (Wildman–Crippen MR) is 57.7 cm³/mol. The number of hydrogen-bond acceptors (Lipinski definition) is 1. The van der Waals surface area contributed by atoms with Crippen LogP contribution in [0.15, 0.2) is 28.9 Å². The molecule has 3 N–H and O–H groups in total. The van der Waals surface area contributed by atoms with Crippen LogP contribution in [0, 0.1) is 0 Å². The summed E-state index contributed by atoms with van der Waals surface area (Å²) in [6.07, 6.45) is 1.88. The predicted octanol–water partition coefficient (Wildman–Crippen LogP) is 2.93. The Hall–Kier alpha value is -0.670. The van der Waals surface area contributed by atoms with E-state index in [2.05, 4.69) is 20.9 Å². The standard InChI is InChI=1S/C8H7BrN2.ClH/c9-5-3-7(10)6-1-2-11-8(6)4-5;/h1-4,11H,10H2;1H. The molecule has 0 aliphatic rings. The first-order valence-corrected chi connectivity index (χ1v) is 4.09. The lowest BCUT2D eigenvalue weighted by Crippen LogP contribution is -1.84. The maximum absolute atomic E-state index is 5.75. The molecule has 0 unspecified atom stereocenters. The Morgan fingerprint density at radius 1 is 1.33 bits per heavy atom. The van der Waals surface area contributed by atoms with E-state index < -0.39 is 0 Å². The van der Waals surface area contributed by atoms with Gasteiger partial charge >= 0.3 is 0 Å². The maximum atomic E-state index is 5.75. The number of halogens is 2. The third kappa shape index (κ3) is 1.42. The molecule has 0 atom stereocenters. The van der Waals surface area contributed by atoms with E-state index in [0.717, 1.165) is 21.1 Å². The molecule has 0 amide bonds. The molecule has 0 radical (unpaired) electrons. The number of hydrogen-bond donors (Lipinski definition) is 2. The van der Waals surface area contributed by atoms with Crippen LogP contribution in [0.3, 0.4) is 0 Å². The summed E-state index contributed by atoms with van der Waals surface area (Å²) in [5, 5.41) is 1.08. The quantitative estimate of drug-likeness (QED) is 0.691. The molecule has 0 saturated carbocycles. The molecule has 2 aromatic rings. The van der Waals surface area contributed by atoms with Crippen molar-refractivity contribution in [1.29, 1.82) is 0 Å². The highest BCUT2D eigenvalue weighted by atomic mass is 79.9. The molecule has 64 valence electrons. The van der Waals surface area contributed by atoms with Crippen LogP contribution in [0.5, 0.6) is 0 Å². The van der Waals surface area contributed by atoms with E-state index in [1.165, 1.54) is 0 Å². The highest BCUT2D eigenvalue weighted by Crippen LogP contribution is 2.24. The van der Waals surface area contributed by atoms with Crippen molar-refractivity contribution in [3.63, 3.8) is 0 Å². The first-order valence-electron chi connectivity index (χ1n) is 3.29. The number of nitrogens with one attached hydrogen (secondary N) is 1. The number of nitrogens with two attached hydrogens (primary N) is 1. The Kier molecular flexibility index (Phi) is 2.65. The Morgan fingerprint density at radius 3 is 2.83 bits per heavy atom. The molecule has 1 heterocycles. The van der Waals surface area contributed by atoms with E-state index >= 15 is 0 Å². The van der Waals surface area contributed by atoms with Gasteiger partial charge in [-0.3, -0.25) is 0 Å². The minimum Gasteiger partial charge on any atom is -0.398 e. The van der Waals surface area contributed by atoms with Gasteiger partial charge in [0.05, 0.1) is 0 Å². The second-order valence-electron chi connectivity index (χ2n) is 2.43. The number of aromatic nitrogens is 1. The van der Waals surface area contributed by atoms with Gasteiger partial charge < -0.3 is 10.7 Å². The van der Waals surface area contributed by atoms with Gasteiger partial charge in [0, 0.05) is 27.3 Å². The van der Waals surface area contributed by atoms with E-state index in [9.17, 15) is 0 Å². The SMILES string of the molecule is Cl.Nc1cc(Br)cc2[nH]ccc12. The lowest BCUT2D eigenvalue weighted by Gasteiger charge is -1.96. The smallest absolute Gasteiger partial charge is 0.0486 e. The average molecular weight is 248 g/mol. The first kappa shape index (κ1) is 9.42. The lowest BCUT2D eigenvalue weighted by atomic mass is 10.2. The van der Waals surface area contributed by atoms with Crippen molar-refractivity contribution >= 4 is 44.9 Å². The number of benzene rings is 1. The molecular formula is C8H8BrClN2. The molecule has 0 saturated heterocycles. The second kappa shape index (κ2) is 3.37. The van der Waals surface area contributed by atoms with Crippen LogP contribution in [0.4, 0.5) is 5.69 Å². The minimum absolute atomic E-state index is 0. The highest BCUT2D eigenvalue weighted by molar-refractivity contribution is 9.10. The molecular weight excluding hydrogens is 239 g/mol. The van der Waals surface area contributed by atoms with Crippen LogP contribution in [0.2, 0.25) is 0 Å². The number of fused-ring (bicyclic) bond motifs is 1. The van der Waals surface area contributed by atoms with E-state index in [1.54, 1.807) is 0 Å². The molecule has 0 aliphatic heterocycles. The molecule has 1 aromatic carbocycles. The summed E-state index contributed by atoms with van der Waals surface area (Å²) in [5.41, 5.74) is 7.62. The fourth-order valence-corrected chi connectivity index (χ4v) is 1.63. The van der Waals surface area contributed by atoms with Crippen LogP contribution in [-0.4, -0.2) is 4.98 Å². The van der Waals surface area contributed by atoms with Crippen molar-refractivity contribution in [2.75, 3.05) is 5.73 Å². The summed E-state index contributed by atoms with van der Waals surface area (Å²) in [4.78, 5) is 3.09. The molecule has 2 rings (SSSR count). The Balaban J connectivity index is 0.000000720. The van der Waals surface area contributed by atoms with E-state index in [4.69, 9.17) is 5.73 Å². The number of rotatable bonds is 0. The van der Waals surface area contributed by atoms with Gasteiger partial charge in [-0.2, -0.15) is 0 Å².